The Morgan fingerprint density at radius 3 is 2.23 bits per heavy atom. The number of hydrogen-bond acceptors (Lipinski definition) is 3. The predicted molar refractivity (Wildman–Crippen MR) is 79.5 cm³/mol. The molecule has 112 valence electrons. The minimum Gasteiger partial charge on any atom is -0.481 e. The molecule has 0 radical (unpaired) electrons. The van der Waals surface area contributed by atoms with E-state index in [1.807, 2.05) is 0 Å². The average molecular weight is 298 g/mol. The molecule has 1 atom stereocenters. The van der Waals surface area contributed by atoms with E-state index < -0.39 is 23.6 Å². The molecule has 0 spiro atoms. The van der Waals surface area contributed by atoms with E-state index in [1.165, 1.54) is 18.2 Å². The van der Waals surface area contributed by atoms with Gasteiger partial charge in [0.2, 0.25) is 0 Å². The Hall–Kier alpha value is -2.95. The van der Waals surface area contributed by atoms with Crippen molar-refractivity contribution in [2.75, 3.05) is 0 Å². The lowest BCUT2D eigenvalue weighted by Crippen LogP contribution is -2.24. The molecule has 0 aliphatic heterocycles. The van der Waals surface area contributed by atoms with Crippen LogP contribution in [0.2, 0.25) is 0 Å². The van der Waals surface area contributed by atoms with Gasteiger partial charge in [0.15, 0.2) is 5.78 Å². The maximum absolute atomic E-state index is 12.7. The molecule has 22 heavy (non-hydrogen) atoms. The van der Waals surface area contributed by atoms with E-state index in [-0.39, 0.29) is 16.7 Å². The highest BCUT2D eigenvalue weighted by Crippen LogP contribution is 2.32. The molecule has 1 aromatic rings. The third-order valence-corrected chi connectivity index (χ3v) is 3.42. The zero-order chi connectivity index (χ0) is 16.3. The molecule has 2 rings (SSSR count). The number of carbonyl (C=O) groups is 3. The van der Waals surface area contributed by atoms with Gasteiger partial charge in [-0.2, -0.15) is 0 Å². The number of benzene rings is 1. The minimum atomic E-state index is -1.27. The van der Waals surface area contributed by atoms with Crippen LogP contribution < -0.4 is 0 Å². The van der Waals surface area contributed by atoms with Gasteiger partial charge in [0.25, 0.3) is 0 Å². The van der Waals surface area contributed by atoms with Gasteiger partial charge in [-0.3, -0.25) is 9.59 Å². The van der Waals surface area contributed by atoms with Gasteiger partial charge in [0, 0.05) is 11.1 Å². The lowest BCUT2D eigenvalue weighted by molar-refractivity contribution is -0.139. The quantitative estimate of drug-likeness (QED) is 0.833. The summed E-state index contributed by atoms with van der Waals surface area (Å²) in [5, 5.41) is 18.6. The largest absolute Gasteiger partial charge is 0.481 e. The van der Waals surface area contributed by atoms with Crippen molar-refractivity contribution in [3.8, 4) is 0 Å². The SMILES string of the molecule is CC=C1C(C(=O)c2ccccc2)=C(C(=O)O)C=CC1C(=O)O. The van der Waals surface area contributed by atoms with Gasteiger partial charge >= 0.3 is 11.9 Å². The highest BCUT2D eigenvalue weighted by molar-refractivity contribution is 6.17. The van der Waals surface area contributed by atoms with Gasteiger partial charge < -0.3 is 10.2 Å². The molecule has 1 aliphatic rings. The van der Waals surface area contributed by atoms with Gasteiger partial charge in [-0.25, -0.2) is 4.79 Å². The normalized spacial score (nSPS) is 19.3. The zero-order valence-corrected chi connectivity index (χ0v) is 11.8. The molecule has 0 saturated heterocycles. The van der Waals surface area contributed by atoms with Crippen LogP contribution in [0.5, 0.6) is 0 Å². The van der Waals surface area contributed by atoms with Crippen LogP contribution in [0.1, 0.15) is 17.3 Å². The Bertz CT molecular complexity index is 723. The average Bonchev–Trinajstić information content (AvgIpc) is 2.53. The van der Waals surface area contributed by atoms with Gasteiger partial charge in [0.05, 0.1) is 5.57 Å². The molecule has 1 aliphatic carbocycles. The molecule has 0 saturated carbocycles. The lowest BCUT2D eigenvalue weighted by atomic mass is 9.80. The molecule has 0 heterocycles. The molecule has 2 N–H and O–H groups in total. The van der Waals surface area contributed by atoms with Gasteiger partial charge in [-0.15, -0.1) is 0 Å². The van der Waals surface area contributed by atoms with Crippen molar-refractivity contribution in [2.24, 2.45) is 5.92 Å². The van der Waals surface area contributed by atoms with E-state index in [9.17, 15) is 24.6 Å². The van der Waals surface area contributed by atoms with E-state index in [2.05, 4.69) is 0 Å². The van der Waals surface area contributed by atoms with E-state index in [4.69, 9.17) is 0 Å². The standard InChI is InChI=1S/C17H14O5/c1-2-11-12(16(19)20)8-9-13(17(21)22)14(11)15(18)10-6-4-3-5-7-10/h2-9,12H,1H3,(H,19,20)(H,21,22). The minimum absolute atomic E-state index is 0.0731. The molecule has 1 aromatic carbocycles. The summed E-state index contributed by atoms with van der Waals surface area (Å²) < 4.78 is 0. The fourth-order valence-corrected chi connectivity index (χ4v) is 2.40. The van der Waals surface area contributed by atoms with Crippen LogP contribution in [0.25, 0.3) is 0 Å². The number of rotatable bonds is 4. The number of hydrogen-bond donors (Lipinski definition) is 2. The Kier molecular flexibility index (Phi) is 4.36. The second kappa shape index (κ2) is 6.22. The number of allylic oxidation sites excluding steroid dienone is 2. The second-order valence-electron chi connectivity index (χ2n) is 4.71. The number of carbonyl (C=O) groups excluding carboxylic acids is 1. The molecule has 0 bridgehead atoms. The van der Waals surface area contributed by atoms with Crippen LogP contribution in [0, 0.1) is 5.92 Å². The second-order valence-corrected chi connectivity index (χ2v) is 4.71. The number of carboxylic acid groups (broad SMARTS) is 2. The van der Waals surface area contributed by atoms with Crippen LogP contribution >= 0.6 is 0 Å². The van der Waals surface area contributed by atoms with Crippen molar-refractivity contribution < 1.29 is 24.6 Å². The summed E-state index contributed by atoms with van der Waals surface area (Å²) in [5.74, 6) is -3.93. The fourth-order valence-electron chi connectivity index (χ4n) is 2.40. The first kappa shape index (κ1) is 15.4. The van der Waals surface area contributed by atoms with E-state index >= 15 is 0 Å². The van der Waals surface area contributed by atoms with E-state index in [1.54, 1.807) is 37.3 Å². The van der Waals surface area contributed by atoms with E-state index in [0.29, 0.717) is 5.56 Å². The Morgan fingerprint density at radius 1 is 1.09 bits per heavy atom. The first-order chi connectivity index (χ1) is 10.5. The topological polar surface area (TPSA) is 91.7 Å². The molecule has 0 amide bonds. The monoisotopic (exact) mass is 298 g/mol. The van der Waals surface area contributed by atoms with Crippen molar-refractivity contribution in [3.63, 3.8) is 0 Å². The van der Waals surface area contributed by atoms with E-state index in [0.717, 1.165) is 0 Å². The van der Waals surface area contributed by atoms with Crippen molar-refractivity contribution in [1.29, 1.82) is 0 Å². The van der Waals surface area contributed by atoms with Gasteiger partial charge in [-0.05, 0) is 18.6 Å². The third kappa shape index (κ3) is 2.74. The number of Topliss-reactive ketones (excluding diaryl/α,β-unsaturated/α-hetero) is 1. The molecule has 0 aromatic heterocycles. The summed E-state index contributed by atoms with van der Waals surface area (Å²) in [4.78, 5) is 35.4. The van der Waals surface area contributed by atoms with Crippen molar-refractivity contribution in [3.05, 3.63) is 70.8 Å². The molecule has 5 nitrogen and oxygen atoms in total. The van der Waals surface area contributed by atoms with Gasteiger partial charge in [-0.1, -0.05) is 42.5 Å². The smallest absolute Gasteiger partial charge is 0.336 e. The zero-order valence-electron chi connectivity index (χ0n) is 11.8. The Balaban J connectivity index is 2.63. The van der Waals surface area contributed by atoms with Crippen LogP contribution in [-0.4, -0.2) is 27.9 Å². The Morgan fingerprint density at radius 2 is 1.73 bits per heavy atom. The highest BCUT2D eigenvalue weighted by atomic mass is 16.4. The van der Waals surface area contributed by atoms with Crippen molar-refractivity contribution in [2.45, 2.75) is 6.92 Å². The summed E-state index contributed by atoms with van der Waals surface area (Å²) in [5.41, 5.74) is 0.242. The predicted octanol–water partition coefficient (Wildman–Crippen LogP) is 2.47. The highest BCUT2D eigenvalue weighted by Gasteiger charge is 2.33. The maximum Gasteiger partial charge on any atom is 0.336 e. The number of carboxylic acids is 2. The van der Waals surface area contributed by atoms with Crippen molar-refractivity contribution >= 4 is 17.7 Å². The lowest BCUT2D eigenvalue weighted by Gasteiger charge is -2.21. The summed E-state index contributed by atoms with van der Waals surface area (Å²) in [6.07, 6.45) is 3.94. The molecular formula is C17H14O5. The summed E-state index contributed by atoms with van der Waals surface area (Å²) in [6.45, 7) is 1.59. The first-order valence-corrected chi connectivity index (χ1v) is 6.62. The molecule has 1 unspecified atom stereocenters. The number of aliphatic carboxylic acids is 2. The third-order valence-electron chi connectivity index (χ3n) is 3.42. The Labute approximate surface area is 126 Å². The van der Waals surface area contributed by atoms with Crippen LogP contribution in [0.15, 0.2) is 65.3 Å². The molecule has 5 heteroatoms. The van der Waals surface area contributed by atoms with Gasteiger partial charge in [0.1, 0.15) is 5.92 Å². The van der Waals surface area contributed by atoms with Crippen LogP contribution in [-0.2, 0) is 9.59 Å². The van der Waals surface area contributed by atoms with Crippen molar-refractivity contribution in [1.82, 2.24) is 0 Å². The van der Waals surface area contributed by atoms with Crippen LogP contribution in [0.4, 0.5) is 0 Å². The summed E-state index contributed by atoms with van der Waals surface area (Å²) in [7, 11) is 0. The molecule has 0 fully saturated rings. The van der Waals surface area contributed by atoms with Crippen LogP contribution in [0.3, 0.4) is 0 Å². The maximum atomic E-state index is 12.7. The first-order valence-electron chi connectivity index (χ1n) is 6.62. The fraction of sp³-hybridized carbons (Fsp3) is 0.118. The number of ketones is 1. The summed E-state index contributed by atoms with van der Waals surface area (Å²) in [6, 6.07) is 8.20. The summed E-state index contributed by atoms with van der Waals surface area (Å²) >= 11 is 0. The molecular weight excluding hydrogens is 284 g/mol.